The van der Waals surface area contributed by atoms with Crippen LogP contribution in [-0.4, -0.2) is 0 Å². The molecule has 0 nitrogen and oxygen atoms in total. The van der Waals surface area contributed by atoms with Crippen LogP contribution in [0.25, 0.3) is 11.1 Å². The van der Waals surface area contributed by atoms with Crippen molar-refractivity contribution >= 4 is 0 Å². The van der Waals surface area contributed by atoms with Crippen LogP contribution in [0.4, 0.5) is 8.78 Å². The Hall–Kier alpha value is -1.70. The maximum absolute atomic E-state index is 14.4. The fourth-order valence-electron chi connectivity index (χ4n) is 5.17. The zero-order valence-electron chi connectivity index (χ0n) is 19.0. The topological polar surface area (TPSA) is 0 Å². The molecule has 0 heterocycles. The van der Waals surface area contributed by atoms with E-state index in [1.165, 1.54) is 56.9 Å². The SMILES string of the molecule is CCCCCC1CCC(C(C)Cc2ccc(-c3ccc(CC)c(F)c3F)cc2)CC1. The van der Waals surface area contributed by atoms with Crippen molar-refractivity contribution in [1.29, 1.82) is 0 Å². The van der Waals surface area contributed by atoms with E-state index in [0.29, 0.717) is 23.5 Å². The maximum Gasteiger partial charge on any atom is 0.166 e. The number of unbranched alkanes of at least 4 members (excludes halogenated alkanes) is 2. The van der Waals surface area contributed by atoms with Crippen molar-refractivity contribution in [3.05, 3.63) is 59.2 Å². The van der Waals surface area contributed by atoms with Crippen LogP contribution in [0.15, 0.2) is 36.4 Å². The van der Waals surface area contributed by atoms with E-state index in [1.807, 2.05) is 19.1 Å². The Kier molecular flexibility index (Phi) is 8.48. The van der Waals surface area contributed by atoms with Crippen LogP contribution in [0.5, 0.6) is 0 Å². The average molecular weight is 413 g/mol. The van der Waals surface area contributed by atoms with E-state index >= 15 is 0 Å². The summed E-state index contributed by atoms with van der Waals surface area (Å²) in [5.74, 6) is 1.00. The summed E-state index contributed by atoms with van der Waals surface area (Å²) in [5.41, 5.74) is 2.83. The van der Waals surface area contributed by atoms with Crippen molar-refractivity contribution in [1.82, 2.24) is 0 Å². The minimum atomic E-state index is -0.730. The Morgan fingerprint density at radius 2 is 1.57 bits per heavy atom. The van der Waals surface area contributed by atoms with Crippen LogP contribution >= 0.6 is 0 Å². The van der Waals surface area contributed by atoms with Crippen LogP contribution < -0.4 is 0 Å². The molecule has 1 unspecified atom stereocenters. The van der Waals surface area contributed by atoms with E-state index in [0.717, 1.165) is 23.8 Å². The molecule has 0 saturated heterocycles. The van der Waals surface area contributed by atoms with Crippen LogP contribution in [0.2, 0.25) is 0 Å². The third-order valence-electron chi connectivity index (χ3n) is 7.28. The highest BCUT2D eigenvalue weighted by Crippen LogP contribution is 2.37. The molecule has 1 atom stereocenters. The molecule has 1 saturated carbocycles. The second kappa shape index (κ2) is 11.1. The molecule has 0 spiro atoms. The van der Waals surface area contributed by atoms with Gasteiger partial charge in [0.2, 0.25) is 0 Å². The first-order chi connectivity index (χ1) is 14.5. The van der Waals surface area contributed by atoms with Crippen molar-refractivity contribution in [2.75, 3.05) is 0 Å². The molecular weight excluding hydrogens is 374 g/mol. The lowest BCUT2D eigenvalue weighted by atomic mass is 9.73. The molecule has 0 radical (unpaired) electrons. The molecular formula is C28H38F2. The fraction of sp³-hybridized carbons (Fsp3) is 0.571. The summed E-state index contributed by atoms with van der Waals surface area (Å²) in [6.45, 7) is 6.50. The quantitative estimate of drug-likeness (QED) is 0.361. The summed E-state index contributed by atoms with van der Waals surface area (Å²) in [6.07, 6.45) is 12.6. The number of hydrogen-bond donors (Lipinski definition) is 0. The third-order valence-corrected chi connectivity index (χ3v) is 7.28. The molecule has 0 N–H and O–H groups in total. The Bertz CT molecular complexity index is 785. The van der Waals surface area contributed by atoms with Crippen molar-refractivity contribution in [3.8, 4) is 11.1 Å². The summed E-state index contributed by atoms with van der Waals surface area (Å²) in [4.78, 5) is 0. The summed E-state index contributed by atoms with van der Waals surface area (Å²) in [5, 5.41) is 0. The molecule has 30 heavy (non-hydrogen) atoms. The number of rotatable bonds is 9. The van der Waals surface area contributed by atoms with Gasteiger partial charge in [0.15, 0.2) is 11.6 Å². The summed E-state index contributed by atoms with van der Waals surface area (Å²) in [6, 6.07) is 11.5. The van der Waals surface area contributed by atoms with Gasteiger partial charge in [-0.25, -0.2) is 8.78 Å². The van der Waals surface area contributed by atoms with E-state index in [2.05, 4.69) is 26.0 Å². The molecule has 164 valence electrons. The minimum absolute atomic E-state index is 0.352. The Labute approximate surface area is 182 Å². The first-order valence-electron chi connectivity index (χ1n) is 12.1. The van der Waals surface area contributed by atoms with Gasteiger partial charge in [0.1, 0.15) is 0 Å². The van der Waals surface area contributed by atoms with Gasteiger partial charge in [0.25, 0.3) is 0 Å². The maximum atomic E-state index is 14.4. The standard InChI is InChI=1S/C28H38F2/c1-4-6-7-8-21-9-13-24(14-10-21)20(3)19-22-11-15-25(16-12-22)26-18-17-23(5-2)27(29)28(26)30/h11-12,15-18,20-21,24H,4-10,13-14,19H2,1-3H3. The normalized spacial score (nSPS) is 20.3. The van der Waals surface area contributed by atoms with Crippen LogP contribution in [0.1, 0.15) is 83.3 Å². The molecule has 2 aromatic carbocycles. The van der Waals surface area contributed by atoms with Crippen molar-refractivity contribution < 1.29 is 8.78 Å². The smallest absolute Gasteiger partial charge is 0.166 e. The second-order valence-electron chi connectivity index (χ2n) is 9.41. The van der Waals surface area contributed by atoms with Crippen LogP contribution in [0.3, 0.4) is 0 Å². The van der Waals surface area contributed by atoms with Gasteiger partial charge in [-0.1, -0.05) is 95.7 Å². The molecule has 1 aliphatic carbocycles. The van der Waals surface area contributed by atoms with E-state index in [1.54, 1.807) is 12.1 Å². The lowest BCUT2D eigenvalue weighted by molar-refractivity contribution is 0.204. The largest absolute Gasteiger partial charge is 0.203 e. The molecule has 0 aromatic heterocycles. The number of halogens is 2. The summed E-state index contributed by atoms with van der Waals surface area (Å²) in [7, 11) is 0. The Morgan fingerprint density at radius 3 is 2.20 bits per heavy atom. The summed E-state index contributed by atoms with van der Waals surface area (Å²) >= 11 is 0. The lowest BCUT2D eigenvalue weighted by Gasteiger charge is -2.32. The first-order valence-corrected chi connectivity index (χ1v) is 12.1. The van der Waals surface area contributed by atoms with Gasteiger partial charge in [-0.3, -0.25) is 0 Å². The van der Waals surface area contributed by atoms with Gasteiger partial charge in [-0.05, 0) is 60.1 Å². The van der Waals surface area contributed by atoms with Gasteiger partial charge < -0.3 is 0 Å². The lowest BCUT2D eigenvalue weighted by Crippen LogP contribution is -2.21. The predicted octanol–water partition coefficient (Wildman–Crippen LogP) is 8.76. The molecule has 3 rings (SSSR count). The minimum Gasteiger partial charge on any atom is -0.203 e. The molecule has 0 aliphatic heterocycles. The van der Waals surface area contributed by atoms with Crippen molar-refractivity contribution in [2.45, 2.75) is 85.0 Å². The summed E-state index contributed by atoms with van der Waals surface area (Å²) < 4.78 is 28.6. The zero-order valence-corrected chi connectivity index (χ0v) is 19.0. The van der Waals surface area contributed by atoms with Gasteiger partial charge >= 0.3 is 0 Å². The van der Waals surface area contributed by atoms with Gasteiger partial charge in [-0.15, -0.1) is 0 Å². The molecule has 1 aliphatic rings. The molecule has 0 amide bonds. The van der Waals surface area contributed by atoms with E-state index in [-0.39, 0.29) is 0 Å². The predicted molar refractivity (Wildman–Crippen MR) is 124 cm³/mol. The fourth-order valence-corrected chi connectivity index (χ4v) is 5.17. The van der Waals surface area contributed by atoms with Crippen molar-refractivity contribution in [3.63, 3.8) is 0 Å². The van der Waals surface area contributed by atoms with Crippen LogP contribution in [0, 0.1) is 29.4 Å². The van der Waals surface area contributed by atoms with Gasteiger partial charge in [0.05, 0.1) is 0 Å². The van der Waals surface area contributed by atoms with E-state index in [9.17, 15) is 8.78 Å². The van der Waals surface area contributed by atoms with E-state index < -0.39 is 11.6 Å². The first kappa shape index (κ1) is 23.0. The third kappa shape index (κ3) is 5.71. The van der Waals surface area contributed by atoms with E-state index in [4.69, 9.17) is 0 Å². The molecule has 1 fully saturated rings. The average Bonchev–Trinajstić information content (AvgIpc) is 2.77. The molecule has 2 aromatic rings. The highest BCUT2D eigenvalue weighted by Gasteiger charge is 2.25. The molecule has 0 bridgehead atoms. The van der Waals surface area contributed by atoms with Gasteiger partial charge in [-0.2, -0.15) is 0 Å². The molecule has 2 heteroatoms. The monoisotopic (exact) mass is 412 g/mol. The Balaban J connectivity index is 1.55. The highest BCUT2D eigenvalue weighted by atomic mass is 19.2. The Morgan fingerprint density at radius 1 is 0.867 bits per heavy atom. The number of hydrogen-bond acceptors (Lipinski definition) is 0. The number of aryl methyl sites for hydroxylation is 1. The zero-order chi connectivity index (χ0) is 21.5. The van der Waals surface area contributed by atoms with Gasteiger partial charge in [0, 0.05) is 5.56 Å². The number of benzene rings is 2. The van der Waals surface area contributed by atoms with Crippen LogP contribution in [-0.2, 0) is 12.8 Å². The van der Waals surface area contributed by atoms with Crippen molar-refractivity contribution in [2.24, 2.45) is 17.8 Å². The second-order valence-corrected chi connectivity index (χ2v) is 9.41. The highest BCUT2D eigenvalue weighted by molar-refractivity contribution is 5.65.